The van der Waals surface area contributed by atoms with E-state index in [-0.39, 0.29) is 0 Å². The summed E-state index contributed by atoms with van der Waals surface area (Å²) in [6.07, 6.45) is 0. The van der Waals surface area contributed by atoms with Gasteiger partial charge in [0.1, 0.15) is 0 Å². The normalized spacial score (nSPS) is 15.5. The van der Waals surface area contributed by atoms with Crippen LogP contribution in [0, 0.1) is 0 Å². The molecule has 1 aliphatic rings. The Hall–Kier alpha value is -1.65. The van der Waals surface area contributed by atoms with E-state index < -0.39 is 0 Å². The van der Waals surface area contributed by atoms with Crippen molar-refractivity contribution in [2.75, 3.05) is 31.1 Å². The molecule has 0 spiro atoms. The van der Waals surface area contributed by atoms with Gasteiger partial charge in [0, 0.05) is 31.7 Å². The molecule has 0 radical (unpaired) electrons. The highest BCUT2D eigenvalue weighted by molar-refractivity contribution is 6.32. The summed E-state index contributed by atoms with van der Waals surface area (Å²) in [5.41, 5.74) is 2.89. The first-order chi connectivity index (χ1) is 9.34. The van der Waals surface area contributed by atoms with Gasteiger partial charge in [0.2, 0.25) is 0 Å². The number of nitrogens with one attached hydrogen (secondary N) is 1. The Bertz CT molecular complexity index is 553. The first-order valence-corrected chi connectivity index (χ1v) is 6.77. The minimum atomic E-state index is 0.474. The van der Waals surface area contributed by atoms with E-state index in [1.165, 1.54) is 0 Å². The lowest BCUT2D eigenvalue weighted by Crippen LogP contribution is -2.43. The second-order valence-corrected chi connectivity index (χ2v) is 4.87. The van der Waals surface area contributed by atoms with Gasteiger partial charge in [-0.2, -0.15) is 0 Å². The molecule has 1 aromatic heterocycles. The van der Waals surface area contributed by atoms with Gasteiger partial charge in [-0.15, -0.1) is 10.2 Å². The third-order valence-electron chi connectivity index (χ3n) is 3.26. The molecule has 98 valence electrons. The molecule has 0 atom stereocenters. The average molecular weight is 275 g/mol. The van der Waals surface area contributed by atoms with Gasteiger partial charge in [-0.25, -0.2) is 0 Å². The van der Waals surface area contributed by atoms with E-state index in [9.17, 15) is 0 Å². The van der Waals surface area contributed by atoms with Gasteiger partial charge in [0.05, 0.1) is 11.4 Å². The second kappa shape index (κ2) is 5.55. The van der Waals surface area contributed by atoms with Crippen LogP contribution < -0.4 is 10.2 Å². The van der Waals surface area contributed by atoms with E-state index in [1.54, 1.807) is 0 Å². The predicted octanol–water partition coefficient (Wildman–Crippen LogP) is 2.21. The van der Waals surface area contributed by atoms with Crippen molar-refractivity contribution in [3.8, 4) is 11.3 Å². The number of hydrogen-bond donors (Lipinski definition) is 1. The van der Waals surface area contributed by atoms with E-state index in [0.717, 1.165) is 43.1 Å². The first-order valence-electron chi connectivity index (χ1n) is 6.39. The molecule has 0 saturated carbocycles. The van der Waals surface area contributed by atoms with Gasteiger partial charge in [0.15, 0.2) is 5.15 Å². The standard InChI is InChI=1S/C14H15ClN4/c15-14-13(19-8-6-16-7-9-19)10-12(17-18-14)11-4-2-1-3-5-11/h1-5,10,16H,6-9H2. The molecule has 0 aliphatic carbocycles. The van der Waals surface area contributed by atoms with E-state index in [4.69, 9.17) is 11.6 Å². The molecule has 1 fully saturated rings. The number of rotatable bonds is 2. The smallest absolute Gasteiger partial charge is 0.175 e. The number of halogens is 1. The maximum Gasteiger partial charge on any atom is 0.175 e. The molecule has 2 heterocycles. The Kier molecular flexibility index (Phi) is 3.62. The van der Waals surface area contributed by atoms with Crippen LogP contribution in [0.4, 0.5) is 5.69 Å². The molecule has 0 bridgehead atoms. The molecule has 1 aromatic carbocycles. The van der Waals surface area contributed by atoms with Gasteiger partial charge in [-0.1, -0.05) is 41.9 Å². The highest BCUT2D eigenvalue weighted by Crippen LogP contribution is 2.27. The van der Waals surface area contributed by atoms with Crippen LogP contribution in [0.2, 0.25) is 5.15 Å². The maximum absolute atomic E-state index is 6.18. The van der Waals surface area contributed by atoms with Crippen molar-refractivity contribution in [3.63, 3.8) is 0 Å². The molecule has 1 N–H and O–H groups in total. The van der Waals surface area contributed by atoms with E-state index >= 15 is 0 Å². The quantitative estimate of drug-likeness (QED) is 0.912. The molecule has 1 aliphatic heterocycles. The summed E-state index contributed by atoms with van der Waals surface area (Å²) >= 11 is 6.18. The molecular weight excluding hydrogens is 260 g/mol. The monoisotopic (exact) mass is 274 g/mol. The number of aromatic nitrogens is 2. The fourth-order valence-corrected chi connectivity index (χ4v) is 2.46. The Balaban J connectivity index is 1.96. The van der Waals surface area contributed by atoms with Gasteiger partial charge in [-0.3, -0.25) is 0 Å². The fourth-order valence-electron chi connectivity index (χ4n) is 2.24. The van der Waals surface area contributed by atoms with Crippen molar-refractivity contribution in [2.45, 2.75) is 0 Å². The van der Waals surface area contributed by atoms with Gasteiger partial charge < -0.3 is 10.2 Å². The first kappa shape index (κ1) is 12.4. The summed E-state index contributed by atoms with van der Waals surface area (Å²) in [7, 11) is 0. The van der Waals surface area contributed by atoms with Crippen molar-refractivity contribution in [1.29, 1.82) is 0 Å². The molecule has 3 rings (SSSR count). The van der Waals surface area contributed by atoms with Crippen LogP contribution in [0.5, 0.6) is 0 Å². The average Bonchev–Trinajstić information content (AvgIpc) is 2.49. The lowest BCUT2D eigenvalue weighted by atomic mass is 10.1. The summed E-state index contributed by atoms with van der Waals surface area (Å²) in [5, 5.41) is 12.1. The van der Waals surface area contributed by atoms with E-state index in [1.807, 2.05) is 36.4 Å². The van der Waals surface area contributed by atoms with E-state index in [2.05, 4.69) is 20.4 Å². The van der Waals surface area contributed by atoms with Crippen LogP contribution in [0.15, 0.2) is 36.4 Å². The van der Waals surface area contributed by atoms with Crippen molar-refractivity contribution in [2.24, 2.45) is 0 Å². The Morgan fingerprint density at radius 2 is 1.79 bits per heavy atom. The third-order valence-corrected chi connectivity index (χ3v) is 3.53. The summed E-state index contributed by atoms with van der Waals surface area (Å²) in [5.74, 6) is 0. The van der Waals surface area contributed by atoms with Crippen molar-refractivity contribution < 1.29 is 0 Å². The lowest BCUT2D eigenvalue weighted by Gasteiger charge is -2.29. The lowest BCUT2D eigenvalue weighted by molar-refractivity contribution is 0.588. The summed E-state index contributed by atoms with van der Waals surface area (Å²) in [6, 6.07) is 12.1. The minimum Gasteiger partial charge on any atom is -0.366 e. The second-order valence-electron chi connectivity index (χ2n) is 4.51. The zero-order valence-corrected chi connectivity index (χ0v) is 11.3. The molecule has 0 amide bonds. The number of anilines is 1. The largest absolute Gasteiger partial charge is 0.366 e. The predicted molar refractivity (Wildman–Crippen MR) is 77.6 cm³/mol. The molecule has 2 aromatic rings. The highest BCUT2D eigenvalue weighted by Gasteiger charge is 2.16. The Morgan fingerprint density at radius 3 is 2.53 bits per heavy atom. The summed E-state index contributed by atoms with van der Waals surface area (Å²) in [6.45, 7) is 3.83. The molecule has 5 heteroatoms. The molecule has 4 nitrogen and oxygen atoms in total. The minimum absolute atomic E-state index is 0.474. The highest BCUT2D eigenvalue weighted by atomic mass is 35.5. The van der Waals surface area contributed by atoms with Gasteiger partial charge in [-0.05, 0) is 6.07 Å². The van der Waals surface area contributed by atoms with Crippen LogP contribution >= 0.6 is 11.6 Å². The number of piperazine rings is 1. The van der Waals surface area contributed by atoms with Crippen LogP contribution in [0.1, 0.15) is 0 Å². The molecule has 0 unspecified atom stereocenters. The summed E-state index contributed by atoms with van der Waals surface area (Å²) in [4.78, 5) is 2.25. The van der Waals surface area contributed by atoms with Crippen molar-refractivity contribution >= 4 is 17.3 Å². The van der Waals surface area contributed by atoms with Crippen LogP contribution in [-0.4, -0.2) is 36.4 Å². The Morgan fingerprint density at radius 1 is 1.05 bits per heavy atom. The third kappa shape index (κ3) is 2.69. The van der Waals surface area contributed by atoms with Crippen molar-refractivity contribution in [1.82, 2.24) is 15.5 Å². The molecular formula is C14H15ClN4. The van der Waals surface area contributed by atoms with Crippen LogP contribution in [0.25, 0.3) is 11.3 Å². The maximum atomic E-state index is 6.18. The SMILES string of the molecule is Clc1nnc(-c2ccccc2)cc1N1CCNCC1. The number of nitrogens with zero attached hydrogens (tertiary/aromatic N) is 3. The zero-order chi connectivity index (χ0) is 13.1. The summed E-state index contributed by atoms with van der Waals surface area (Å²) < 4.78 is 0. The van der Waals surface area contributed by atoms with Gasteiger partial charge in [0.25, 0.3) is 0 Å². The fraction of sp³-hybridized carbons (Fsp3) is 0.286. The van der Waals surface area contributed by atoms with Crippen molar-refractivity contribution in [3.05, 3.63) is 41.6 Å². The molecule has 19 heavy (non-hydrogen) atoms. The molecule has 1 saturated heterocycles. The zero-order valence-electron chi connectivity index (χ0n) is 10.5. The number of hydrogen-bond acceptors (Lipinski definition) is 4. The van der Waals surface area contributed by atoms with Crippen LogP contribution in [-0.2, 0) is 0 Å². The van der Waals surface area contributed by atoms with Gasteiger partial charge >= 0.3 is 0 Å². The number of benzene rings is 1. The Labute approximate surface area is 117 Å². The topological polar surface area (TPSA) is 41.1 Å². The van der Waals surface area contributed by atoms with Crippen LogP contribution in [0.3, 0.4) is 0 Å². The van der Waals surface area contributed by atoms with E-state index in [0.29, 0.717) is 5.15 Å².